The van der Waals surface area contributed by atoms with Gasteiger partial charge in [0.25, 0.3) is 0 Å². The molecule has 1 aliphatic heterocycles. The summed E-state index contributed by atoms with van der Waals surface area (Å²) in [7, 11) is 0. The second kappa shape index (κ2) is 7.29. The fourth-order valence-electron chi connectivity index (χ4n) is 2.75. The number of nitrogens with zero attached hydrogens (tertiary/aromatic N) is 2. The minimum Gasteiger partial charge on any atom is -0.354 e. The summed E-state index contributed by atoms with van der Waals surface area (Å²) >= 11 is 0. The minimum atomic E-state index is 0. The Morgan fingerprint density at radius 3 is 2.65 bits per heavy atom. The highest BCUT2D eigenvalue weighted by Crippen LogP contribution is 2.27. The van der Waals surface area contributed by atoms with Crippen LogP contribution in [0.2, 0.25) is 0 Å². The number of halogens is 1. The summed E-state index contributed by atoms with van der Waals surface area (Å²) in [6.45, 7) is 5.20. The van der Waals surface area contributed by atoms with Gasteiger partial charge in [0.05, 0.1) is 0 Å². The van der Waals surface area contributed by atoms with Crippen LogP contribution in [0.15, 0.2) is 35.3 Å². The van der Waals surface area contributed by atoms with Crippen molar-refractivity contribution >= 4 is 29.9 Å². The topological polar surface area (TPSA) is 27.6 Å². The number of likely N-dealkylation sites (tertiary alicyclic amines) is 1. The van der Waals surface area contributed by atoms with Crippen molar-refractivity contribution in [2.45, 2.75) is 38.1 Å². The first-order chi connectivity index (χ1) is 9.36. The van der Waals surface area contributed by atoms with Gasteiger partial charge in [-0.1, -0.05) is 30.3 Å². The van der Waals surface area contributed by atoms with Crippen LogP contribution in [0.4, 0.5) is 0 Å². The van der Waals surface area contributed by atoms with Gasteiger partial charge >= 0.3 is 0 Å². The molecule has 1 saturated heterocycles. The second-order valence-electron chi connectivity index (χ2n) is 5.56. The molecule has 1 aromatic rings. The largest absolute Gasteiger partial charge is 0.354 e. The number of nitrogens with one attached hydrogen (secondary N) is 1. The van der Waals surface area contributed by atoms with E-state index in [-0.39, 0.29) is 24.0 Å². The highest BCUT2D eigenvalue weighted by molar-refractivity contribution is 14.0. The Kier molecular flexibility index (Phi) is 5.69. The van der Waals surface area contributed by atoms with Gasteiger partial charge in [-0.2, -0.15) is 0 Å². The van der Waals surface area contributed by atoms with Crippen molar-refractivity contribution in [1.29, 1.82) is 0 Å². The van der Waals surface area contributed by atoms with Crippen molar-refractivity contribution < 1.29 is 0 Å². The average molecular weight is 385 g/mol. The number of benzene rings is 1. The van der Waals surface area contributed by atoms with Crippen molar-refractivity contribution in [2.75, 3.05) is 19.6 Å². The van der Waals surface area contributed by atoms with Crippen LogP contribution in [0.1, 0.15) is 37.7 Å². The molecule has 2 fully saturated rings. The molecule has 0 amide bonds. The van der Waals surface area contributed by atoms with E-state index in [1.165, 1.54) is 24.8 Å². The van der Waals surface area contributed by atoms with Crippen molar-refractivity contribution in [3.63, 3.8) is 0 Å². The van der Waals surface area contributed by atoms with Gasteiger partial charge in [0.1, 0.15) is 0 Å². The lowest BCUT2D eigenvalue weighted by atomic mass is 9.99. The van der Waals surface area contributed by atoms with Gasteiger partial charge in [-0.05, 0) is 31.7 Å². The fourth-order valence-corrected chi connectivity index (χ4v) is 2.75. The second-order valence-corrected chi connectivity index (χ2v) is 5.56. The number of rotatable bonds is 3. The number of guanidine groups is 1. The van der Waals surface area contributed by atoms with Gasteiger partial charge in [-0.3, -0.25) is 4.99 Å². The predicted octanol–water partition coefficient (Wildman–Crippen LogP) is 3.22. The van der Waals surface area contributed by atoms with Crippen LogP contribution in [0.5, 0.6) is 0 Å². The Bertz CT molecular complexity index is 442. The van der Waals surface area contributed by atoms with E-state index in [0.717, 1.165) is 25.6 Å². The van der Waals surface area contributed by atoms with E-state index < -0.39 is 0 Å². The lowest BCUT2D eigenvalue weighted by molar-refractivity contribution is 0.484. The van der Waals surface area contributed by atoms with Crippen molar-refractivity contribution in [1.82, 2.24) is 10.2 Å². The van der Waals surface area contributed by atoms with E-state index in [4.69, 9.17) is 0 Å². The predicted molar refractivity (Wildman–Crippen MR) is 94.9 cm³/mol. The Labute approximate surface area is 138 Å². The number of aliphatic imine (C=N–C) groups is 1. The maximum Gasteiger partial charge on any atom is 0.194 e. The van der Waals surface area contributed by atoms with Crippen LogP contribution < -0.4 is 5.32 Å². The molecule has 4 heteroatoms. The Morgan fingerprint density at radius 1 is 1.25 bits per heavy atom. The van der Waals surface area contributed by atoms with Crippen LogP contribution in [-0.4, -0.2) is 36.5 Å². The normalized spacial score (nSPS) is 22.6. The lowest BCUT2D eigenvalue weighted by Crippen LogP contribution is -2.41. The third kappa shape index (κ3) is 3.87. The molecule has 1 atom stereocenters. The van der Waals surface area contributed by atoms with E-state index in [1.807, 2.05) is 0 Å². The summed E-state index contributed by atoms with van der Waals surface area (Å²) in [6, 6.07) is 11.6. The zero-order valence-corrected chi connectivity index (χ0v) is 14.4. The van der Waals surface area contributed by atoms with Crippen LogP contribution >= 0.6 is 24.0 Å². The summed E-state index contributed by atoms with van der Waals surface area (Å²) in [6.07, 6.45) is 3.84. The Morgan fingerprint density at radius 2 is 2.00 bits per heavy atom. The molecule has 2 aliphatic rings. The van der Waals surface area contributed by atoms with Gasteiger partial charge in [0.2, 0.25) is 0 Å². The van der Waals surface area contributed by atoms with E-state index in [0.29, 0.717) is 12.0 Å². The molecule has 110 valence electrons. The molecule has 1 aromatic carbocycles. The summed E-state index contributed by atoms with van der Waals surface area (Å²) in [5, 5.41) is 3.58. The summed E-state index contributed by atoms with van der Waals surface area (Å²) in [5.74, 6) is 1.78. The molecule has 1 saturated carbocycles. The van der Waals surface area contributed by atoms with Gasteiger partial charge in [-0.15, -0.1) is 24.0 Å². The standard InChI is InChI=1S/C16H23N3.HI/c1-2-17-16(18-15-8-9-15)19-11-10-14(12-19)13-6-4-3-5-7-13;/h3-7,14-15H,2,8-12H2,1H3,(H,17,18);1H. The molecule has 0 radical (unpaired) electrons. The van der Waals surface area contributed by atoms with Crippen molar-refractivity contribution in [3.05, 3.63) is 35.9 Å². The van der Waals surface area contributed by atoms with E-state index in [1.54, 1.807) is 0 Å². The summed E-state index contributed by atoms with van der Waals surface area (Å²) in [4.78, 5) is 7.08. The third-order valence-electron chi connectivity index (χ3n) is 3.98. The zero-order valence-electron chi connectivity index (χ0n) is 12.1. The monoisotopic (exact) mass is 385 g/mol. The highest BCUT2D eigenvalue weighted by atomic mass is 127. The van der Waals surface area contributed by atoms with E-state index in [2.05, 4.69) is 52.5 Å². The number of hydrogen-bond donors (Lipinski definition) is 1. The molecule has 1 heterocycles. The van der Waals surface area contributed by atoms with Crippen molar-refractivity contribution in [3.8, 4) is 0 Å². The first kappa shape index (κ1) is 15.6. The van der Waals surface area contributed by atoms with Crippen molar-refractivity contribution in [2.24, 2.45) is 4.99 Å². The maximum absolute atomic E-state index is 4.65. The molecular weight excluding hydrogens is 361 g/mol. The molecule has 20 heavy (non-hydrogen) atoms. The molecule has 0 bridgehead atoms. The highest BCUT2D eigenvalue weighted by Gasteiger charge is 2.29. The molecule has 0 spiro atoms. The van der Waals surface area contributed by atoms with Crippen LogP contribution in [0.25, 0.3) is 0 Å². The first-order valence-electron chi connectivity index (χ1n) is 7.47. The SMILES string of the molecule is CCN=C(NC1CC1)N1CCC(c2ccccc2)C1.I. The molecule has 3 rings (SSSR count). The van der Waals surface area contributed by atoms with Crippen LogP contribution in [0.3, 0.4) is 0 Å². The minimum absolute atomic E-state index is 0. The summed E-state index contributed by atoms with van der Waals surface area (Å²) < 4.78 is 0. The van der Waals surface area contributed by atoms with Crippen LogP contribution in [0, 0.1) is 0 Å². The fraction of sp³-hybridized carbons (Fsp3) is 0.562. The van der Waals surface area contributed by atoms with E-state index in [9.17, 15) is 0 Å². The Balaban J connectivity index is 0.00000147. The Hall–Kier alpha value is -0.780. The molecule has 1 aliphatic carbocycles. The van der Waals surface area contributed by atoms with E-state index >= 15 is 0 Å². The lowest BCUT2D eigenvalue weighted by Gasteiger charge is -2.22. The van der Waals surface area contributed by atoms with Gasteiger partial charge in [-0.25, -0.2) is 0 Å². The first-order valence-corrected chi connectivity index (χ1v) is 7.47. The van der Waals surface area contributed by atoms with Gasteiger partial charge in [0.15, 0.2) is 5.96 Å². The molecule has 1 unspecified atom stereocenters. The molecular formula is C16H24IN3. The van der Waals surface area contributed by atoms with Gasteiger partial charge in [0, 0.05) is 31.6 Å². The average Bonchev–Trinajstić information content (AvgIpc) is 3.13. The quantitative estimate of drug-likeness (QED) is 0.492. The van der Waals surface area contributed by atoms with Crippen LogP contribution in [-0.2, 0) is 0 Å². The zero-order chi connectivity index (χ0) is 13.1. The summed E-state index contributed by atoms with van der Waals surface area (Å²) in [5.41, 5.74) is 1.47. The number of hydrogen-bond acceptors (Lipinski definition) is 1. The third-order valence-corrected chi connectivity index (χ3v) is 3.98. The van der Waals surface area contributed by atoms with Gasteiger partial charge < -0.3 is 10.2 Å². The molecule has 0 aromatic heterocycles. The smallest absolute Gasteiger partial charge is 0.194 e. The molecule has 1 N–H and O–H groups in total. The molecule has 3 nitrogen and oxygen atoms in total. The maximum atomic E-state index is 4.65.